The van der Waals surface area contributed by atoms with Crippen molar-refractivity contribution in [3.63, 3.8) is 0 Å². The Balaban J connectivity index is 2.51. The molecule has 1 heterocycles. The van der Waals surface area contributed by atoms with E-state index in [0.717, 1.165) is 42.3 Å². The molecule has 0 amide bonds. The fourth-order valence-electron chi connectivity index (χ4n) is 2.25. The predicted octanol–water partition coefficient (Wildman–Crippen LogP) is 4.14. The van der Waals surface area contributed by atoms with Crippen LogP contribution in [-0.4, -0.2) is 16.5 Å². The van der Waals surface area contributed by atoms with Gasteiger partial charge in [-0.05, 0) is 38.8 Å². The summed E-state index contributed by atoms with van der Waals surface area (Å²) >= 11 is 0. The molecule has 0 fully saturated rings. The summed E-state index contributed by atoms with van der Waals surface area (Å²) in [5.41, 5.74) is 4.68. The summed E-state index contributed by atoms with van der Waals surface area (Å²) in [5.74, 6) is 1.75. The molecular weight excluding hydrogens is 246 g/mol. The molecule has 0 saturated heterocycles. The summed E-state index contributed by atoms with van der Waals surface area (Å²) in [4.78, 5) is 9.38. The number of benzene rings is 1. The summed E-state index contributed by atoms with van der Waals surface area (Å²) < 4.78 is 0. The molecule has 2 rings (SSSR count). The average molecular weight is 269 g/mol. The molecule has 3 heteroatoms. The third-order valence-corrected chi connectivity index (χ3v) is 3.28. The molecule has 1 aromatic carbocycles. The number of nitrogens with zero attached hydrogens (tertiary/aromatic N) is 2. The van der Waals surface area contributed by atoms with Gasteiger partial charge in [-0.25, -0.2) is 9.97 Å². The lowest BCUT2D eigenvalue weighted by Gasteiger charge is -2.11. The number of nitrogens with one attached hydrogen (secondary N) is 1. The molecule has 1 N–H and O–H groups in total. The Hall–Kier alpha value is -1.90. The maximum Gasteiger partial charge on any atom is 0.162 e. The molecule has 0 bridgehead atoms. The summed E-state index contributed by atoms with van der Waals surface area (Å²) in [6.07, 6.45) is 2.08. The molecule has 20 heavy (non-hydrogen) atoms. The first kappa shape index (κ1) is 14.5. The van der Waals surface area contributed by atoms with Crippen LogP contribution in [0.5, 0.6) is 0 Å². The van der Waals surface area contributed by atoms with Crippen LogP contribution >= 0.6 is 0 Å². The Morgan fingerprint density at radius 2 is 1.85 bits per heavy atom. The number of rotatable bonds is 5. The third kappa shape index (κ3) is 3.35. The van der Waals surface area contributed by atoms with E-state index in [9.17, 15) is 0 Å². The van der Waals surface area contributed by atoms with Gasteiger partial charge in [0.1, 0.15) is 5.82 Å². The van der Waals surface area contributed by atoms with Gasteiger partial charge in [0, 0.05) is 23.9 Å². The number of hydrogen-bond donors (Lipinski definition) is 1. The second-order valence-corrected chi connectivity index (χ2v) is 5.17. The molecule has 0 atom stereocenters. The van der Waals surface area contributed by atoms with E-state index < -0.39 is 0 Å². The molecule has 3 nitrogen and oxygen atoms in total. The van der Waals surface area contributed by atoms with Gasteiger partial charge in [-0.1, -0.05) is 31.0 Å². The van der Waals surface area contributed by atoms with Crippen molar-refractivity contribution in [2.45, 2.75) is 40.5 Å². The van der Waals surface area contributed by atoms with Crippen LogP contribution in [0.2, 0.25) is 0 Å². The molecule has 0 aliphatic rings. The lowest BCUT2D eigenvalue weighted by molar-refractivity contribution is 0.874. The average Bonchev–Trinajstić information content (AvgIpc) is 2.42. The molecular formula is C17H23N3. The van der Waals surface area contributed by atoms with Crippen LogP contribution in [0.25, 0.3) is 11.4 Å². The Kier molecular flexibility index (Phi) is 4.72. The van der Waals surface area contributed by atoms with Gasteiger partial charge in [0.2, 0.25) is 0 Å². The zero-order valence-electron chi connectivity index (χ0n) is 12.8. The monoisotopic (exact) mass is 269 g/mol. The van der Waals surface area contributed by atoms with Crippen LogP contribution in [0.1, 0.15) is 37.1 Å². The first-order chi connectivity index (χ1) is 9.63. The van der Waals surface area contributed by atoms with E-state index in [4.69, 9.17) is 4.98 Å². The fourth-order valence-corrected chi connectivity index (χ4v) is 2.25. The van der Waals surface area contributed by atoms with Gasteiger partial charge in [-0.15, -0.1) is 0 Å². The number of hydrogen-bond acceptors (Lipinski definition) is 3. The van der Waals surface area contributed by atoms with E-state index in [1.807, 2.05) is 0 Å². The second kappa shape index (κ2) is 6.51. The number of aromatic nitrogens is 2. The zero-order chi connectivity index (χ0) is 14.5. The second-order valence-electron chi connectivity index (χ2n) is 5.17. The van der Waals surface area contributed by atoms with E-state index in [1.54, 1.807) is 0 Å². The Morgan fingerprint density at radius 3 is 2.55 bits per heavy atom. The van der Waals surface area contributed by atoms with Gasteiger partial charge in [0.05, 0.1) is 0 Å². The van der Waals surface area contributed by atoms with Gasteiger partial charge in [-0.2, -0.15) is 0 Å². The van der Waals surface area contributed by atoms with Gasteiger partial charge >= 0.3 is 0 Å². The lowest BCUT2D eigenvalue weighted by Crippen LogP contribution is -2.04. The molecule has 2 aromatic rings. The molecule has 0 radical (unpaired) electrons. The smallest absolute Gasteiger partial charge is 0.162 e. The Bertz CT molecular complexity index is 567. The van der Waals surface area contributed by atoms with E-state index in [-0.39, 0.29) is 0 Å². The highest BCUT2D eigenvalue weighted by atomic mass is 15.0. The van der Waals surface area contributed by atoms with Gasteiger partial charge in [0.15, 0.2) is 5.82 Å². The molecule has 0 spiro atoms. The van der Waals surface area contributed by atoms with Gasteiger partial charge in [0.25, 0.3) is 0 Å². The maximum absolute atomic E-state index is 4.73. The fraction of sp³-hybridized carbons (Fsp3) is 0.412. The maximum atomic E-state index is 4.73. The van der Waals surface area contributed by atoms with Crippen LogP contribution in [0, 0.1) is 13.8 Å². The topological polar surface area (TPSA) is 37.8 Å². The lowest BCUT2D eigenvalue weighted by atomic mass is 10.0. The number of anilines is 1. The summed E-state index contributed by atoms with van der Waals surface area (Å²) in [6, 6.07) is 8.48. The van der Waals surface area contributed by atoms with Gasteiger partial charge in [-0.3, -0.25) is 0 Å². The molecule has 106 valence electrons. The minimum Gasteiger partial charge on any atom is -0.370 e. The molecule has 0 saturated carbocycles. The zero-order valence-corrected chi connectivity index (χ0v) is 12.8. The van der Waals surface area contributed by atoms with Gasteiger partial charge < -0.3 is 5.32 Å². The van der Waals surface area contributed by atoms with Crippen LogP contribution in [-0.2, 0) is 6.42 Å². The van der Waals surface area contributed by atoms with Crippen molar-refractivity contribution in [3.8, 4) is 11.4 Å². The highest BCUT2D eigenvalue weighted by Crippen LogP contribution is 2.23. The largest absolute Gasteiger partial charge is 0.370 e. The SMILES string of the molecule is CCCc1cc(NCC)nc(-c2cc(C)ccc2C)n1. The van der Waals surface area contributed by atoms with E-state index in [2.05, 4.69) is 62.3 Å². The minimum atomic E-state index is 0.827. The van der Waals surface area contributed by atoms with Crippen molar-refractivity contribution < 1.29 is 0 Å². The van der Waals surface area contributed by atoms with Crippen molar-refractivity contribution in [3.05, 3.63) is 41.1 Å². The van der Waals surface area contributed by atoms with Crippen LogP contribution in [0.4, 0.5) is 5.82 Å². The van der Waals surface area contributed by atoms with Crippen LogP contribution < -0.4 is 5.32 Å². The van der Waals surface area contributed by atoms with E-state index in [1.165, 1.54) is 11.1 Å². The van der Waals surface area contributed by atoms with E-state index >= 15 is 0 Å². The predicted molar refractivity (Wildman–Crippen MR) is 85.1 cm³/mol. The molecule has 1 aromatic heterocycles. The standard InChI is InChI=1S/C17H23N3/c1-5-7-14-11-16(18-6-2)20-17(19-14)15-10-12(3)8-9-13(15)4/h8-11H,5-7H2,1-4H3,(H,18,19,20). The van der Waals surface area contributed by atoms with Crippen molar-refractivity contribution in [1.29, 1.82) is 0 Å². The highest BCUT2D eigenvalue weighted by molar-refractivity contribution is 5.62. The quantitative estimate of drug-likeness (QED) is 0.886. The molecule has 0 aliphatic heterocycles. The summed E-state index contributed by atoms with van der Waals surface area (Å²) in [5, 5.41) is 3.30. The number of aryl methyl sites for hydroxylation is 3. The van der Waals surface area contributed by atoms with Crippen LogP contribution in [0.15, 0.2) is 24.3 Å². The third-order valence-electron chi connectivity index (χ3n) is 3.28. The normalized spacial score (nSPS) is 10.6. The van der Waals surface area contributed by atoms with Crippen molar-refractivity contribution in [2.24, 2.45) is 0 Å². The Labute approximate surface area is 121 Å². The van der Waals surface area contributed by atoms with Crippen molar-refractivity contribution >= 4 is 5.82 Å². The summed E-state index contributed by atoms with van der Waals surface area (Å²) in [6.45, 7) is 9.34. The van der Waals surface area contributed by atoms with E-state index in [0.29, 0.717) is 0 Å². The molecule has 0 unspecified atom stereocenters. The minimum absolute atomic E-state index is 0.827. The first-order valence-electron chi connectivity index (χ1n) is 7.33. The van der Waals surface area contributed by atoms with Crippen molar-refractivity contribution in [1.82, 2.24) is 9.97 Å². The highest BCUT2D eigenvalue weighted by Gasteiger charge is 2.09. The Morgan fingerprint density at radius 1 is 1.05 bits per heavy atom. The first-order valence-corrected chi connectivity index (χ1v) is 7.33. The summed E-state index contributed by atoms with van der Waals surface area (Å²) in [7, 11) is 0. The van der Waals surface area contributed by atoms with Crippen LogP contribution in [0.3, 0.4) is 0 Å². The molecule has 0 aliphatic carbocycles. The van der Waals surface area contributed by atoms with Crippen molar-refractivity contribution in [2.75, 3.05) is 11.9 Å².